The largest absolute Gasteiger partial charge is 0.381 e. The maximum atomic E-state index is 13.8. The minimum Gasteiger partial charge on any atom is -0.381 e. The summed E-state index contributed by atoms with van der Waals surface area (Å²) in [4.78, 5) is 13.7. The SMILES string of the molecule is CCCC(C)N(C)C(=O)c1cc(F)c(NCC)c(F)c1. The van der Waals surface area contributed by atoms with Gasteiger partial charge in [-0.05, 0) is 32.4 Å². The number of nitrogens with one attached hydrogen (secondary N) is 1. The number of benzene rings is 1. The molecule has 0 aromatic heterocycles. The third-order valence-corrected chi connectivity index (χ3v) is 3.33. The van der Waals surface area contributed by atoms with E-state index in [9.17, 15) is 13.6 Å². The molecule has 3 nitrogen and oxygen atoms in total. The van der Waals surface area contributed by atoms with Crippen LogP contribution < -0.4 is 5.32 Å². The van der Waals surface area contributed by atoms with Gasteiger partial charge < -0.3 is 10.2 Å². The molecule has 0 aliphatic heterocycles. The maximum Gasteiger partial charge on any atom is 0.254 e. The van der Waals surface area contributed by atoms with Gasteiger partial charge in [0.15, 0.2) is 0 Å². The van der Waals surface area contributed by atoms with Crippen molar-refractivity contribution in [2.24, 2.45) is 0 Å². The van der Waals surface area contributed by atoms with Gasteiger partial charge in [-0.2, -0.15) is 0 Å². The number of carbonyl (C=O) groups excluding carboxylic acids is 1. The van der Waals surface area contributed by atoms with Gasteiger partial charge >= 0.3 is 0 Å². The first kappa shape index (κ1) is 16.4. The number of halogens is 2. The summed E-state index contributed by atoms with van der Waals surface area (Å²) in [5, 5.41) is 2.61. The zero-order valence-corrected chi connectivity index (χ0v) is 12.5. The van der Waals surface area contributed by atoms with Crippen LogP contribution in [0.3, 0.4) is 0 Å². The molecule has 112 valence electrons. The molecule has 0 heterocycles. The number of anilines is 1. The highest BCUT2D eigenvalue weighted by molar-refractivity contribution is 5.94. The molecule has 20 heavy (non-hydrogen) atoms. The van der Waals surface area contributed by atoms with Crippen LogP contribution in [0.5, 0.6) is 0 Å². The third-order valence-electron chi connectivity index (χ3n) is 3.33. The van der Waals surface area contributed by atoms with Gasteiger partial charge in [-0.25, -0.2) is 8.78 Å². The summed E-state index contributed by atoms with van der Waals surface area (Å²) in [6.07, 6.45) is 1.80. The van der Waals surface area contributed by atoms with Crippen LogP contribution in [0.25, 0.3) is 0 Å². The Labute approximate surface area is 119 Å². The molecule has 1 atom stereocenters. The van der Waals surface area contributed by atoms with Crippen molar-refractivity contribution in [2.75, 3.05) is 18.9 Å². The van der Waals surface area contributed by atoms with Gasteiger partial charge in [-0.1, -0.05) is 13.3 Å². The summed E-state index contributed by atoms with van der Waals surface area (Å²) in [5.41, 5.74) is -0.152. The standard InChI is InChI=1S/C15H22F2N2O/c1-5-7-10(3)19(4)15(20)11-8-12(16)14(18-6-2)13(17)9-11/h8-10,18H,5-7H2,1-4H3. The molecule has 0 saturated heterocycles. The van der Waals surface area contributed by atoms with E-state index in [4.69, 9.17) is 0 Å². The topological polar surface area (TPSA) is 32.3 Å². The highest BCUT2D eigenvalue weighted by atomic mass is 19.1. The van der Waals surface area contributed by atoms with Crippen LogP contribution in [0.1, 0.15) is 44.0 Å². The lowest BCUT2D eigenvalue weighted by atomic mass is 10.1. The Morgan fingerprint density at radius 2 is 1.85 bits per heavy atom. The molecular formula is C15H22F2N2O. The summed E-state index contributed by atoms with van der Waals surface area (Å²) >= 11 is 0. The van der Waals surface area contributed by atoms with Crippen molar-refractivity contribution in [1.29, 1.82) is 0 Å². The van der Waals surface area contributed by atoms with E-state index in [-0.39, 0.29) is 23.2 Å². The van der Waals surface area contributed by atoms with Crippen molar-refractivity contribution in [1.82, 2.24) is 4.90 Å². The molecule has 5 heteroatoms. The van der Waals surface area contributed by atoms with Crippen LogP contribution in [-0.2, 0) is 0 Å². The summed E-state index contributed by atoms with van der Waals surface area (Å²) in [6.45, 7) is 6.10. The smallest absolute Gasteiger partial charge is 0.254 e. The van der Waals surface area contributed by atoms with Crippen molar-refractivity contribution in [3.05, 3.63) is 29.3 Å². The van der Waals surface area contributed by atoms with Crippen LogP contribution in [0.2, 0.25) is 0 Å². The predicted molar refractivity (Wildman–Crippen MR) is 77.0 cm³/mol. The van der Waals surface area contributed by atoms with Crippen molar-refractivity contribution >= 4 is 11.6 Å². The van der Waals surface area contributed by atoms with E-state index >= 15 is 0 Å². The Morgan fingerprint density at radius 1 is 1.30 bits per heavy atom. The van der Waals surface area contributed by atoms with E-state index in [0.717, 1.165) is 25.0 Å². The summed E-state index contributed by atoms with van der Waals surface area (Å²) in [6, 6.07) is 2.20. The molecular weight excluding hydrogens is 262 g/mol. The lowest BCUT2D eigenvalue weighted by molar-refractivity contribution is 0.0736. The first-order valence-corrected chi connectivity index (χ1v) is 6.92. The van der Waals surface area contributed by atoms with E-state index in [1.807, 2.05) is 13.8 Å². The molecule has 1 aromatic carbocycles. The molecule has 0 radical (unpaired) electrons. The maximum absolute atomic E-state index is 13.8. The molecule has 0 aliphatic carbocycles. The van der Waals surface area contributed by atoms with E-state index in [1.54, 1.807) is 14.0 Å². The summed E-state index contributed by atoms with van der Waals surface area (Å²) in [5.74, 6) is -1.86. The quantitative estimate of drug-likeness (QED) is 0.864. The predicted octanol–water partition coefficient (Wildman–Crippen LogP) is 3.66. The second-order valence-corrected chi connectivity index (χ2v) is 4.90. The van der Waals surface area contributed by atoms with Gasteiger partial charge in [-0.15, -0.1) is 0 Å². The van der Waals surface area contributed by atoms with Crippen LogP contribution in [-0.4, -0.2) is 30.4 Å². The number of rotatable bonds is 6. The fourth-order valence-corrected chi connectivity index (χ4v) is 2.06. The van der Waals surface area contributed by atoms with Gasteiger partial charge in [0.25, 0.3) is 5.91 Å². The van der Waals surface area contributed by atoms with E-state index in [2.05, 4.69) is 5.32 Å². The number of nitrogens with zero attached hydrogens (tertiary/aromatic N) is 1. The fourth-order valence-electron chi connectivity index (χ4n) is 2.06. The second kappa shape index (κ2) is 7.22. The average molecular weight is 284 g/mol. The van der Waals surface area contributed by atoms with Gasteiger partial charge in [0.2, 0.25) is 0 Å². The van der Waals surface area contributed by atoms with Gasteiger partial charge in [0, 0.05) is 25.2 Å². The van der Waals surface area contributed by atoms with E-state index in [0.29, 0.717) is 6.54 Å². The Morgan fingerprint density at radius 3 is 2.30 bits per heavy atom. The molecule has 1 aromatic rings. The molecule has 1 unspecified atom stereocenters. The summed E-state index contributed by atoms with van der Waals surface area (Å²) in [7, 11) is 1.65. The van der Waals surface area contributed by atoms with Crippen LogP contribution in [0.4, 0.5) is 14.5 Å². The van der Waals surface area contributed by atoms with Crippen molar-refractivity contribution in [3.63, 3.8) is 0 Å². The molecule has 0 bridgehead atoms. The highest BCUT2D eigenvalue weighted by Gasteiger charge is 2.20. The second-order valence-electron chi connectivity index (χ2n) is 4.90. The van der Waals surface area contributed by atoms with Gasteiger partial charge in [-0.3, -0.25) is 4.79 Å². The molecule has 1 amide bonds. The Bertz CT molecular complexity index is 454. The number of amides is 1. The minimum absolute atomic E-state index is 0.0343. The lowest BCUT2D eigenvalue weighted by Gasteiger charge is -2.25. The van der Waals surface area contributed by atoms with Crippen LogP contribution in [0.15, 0.2) is 12.1 Å². The summed E-state index contributed by atoms with van der Waals surface area (Å²) < 4.78 is 27.6. The molecule has 1 N–H and O–H groups in total. The molecule has 1 rings (SSSR count). The van der Waals surface area contributed by atoms with Crippen molar-refractivity contribution < 1.29 is 13.6 Å². The zero-order chi connectivity index (χ0) is 15.3. The zero-order valence-electron chi connectivity index (χ0n) is 12.5. The monoisotopic (exact) mass is 284 g/mol. The first-order chi connectivity index (χ1) is 9.42. The lowest BCUT2D eigenvalue weighted by Crippen LogP contribution is -2.35. The van der Waals surface area contributed by atoms with Gasteiger partial charge in [0.1, 0.15) is 17.3 Å². The Balaban J connectivity index is 3.00. The molecule has 0 fully saturated rings. The van der Waals surface area contributed by atoms with Crippen LogP contribution in [0, 0.1) is 11.6 Å². The Hall–Kier alpha value is -1.65. The minimum atomic E-state index is -0.744. The van der Waals surface area contributed by atoms with Crippen molar-refractivity contribution in [3.8, 4) is 0 Å². The van der Waals surface area contributed by atoms with E-state index < -0.39 is 11.6 Å². The highest BCUT2D eigenvalue weighted by Crippen LogP contribution is 2.22. The van der Waals surface area contributed by atoms with Gasteiger partial charge in [0.05, 0.1) is 0 Å². The number of carbonyl (C=O) groups is 1. The van der Waals surface area contributed by atoms with Crippen LogP contribution >= 0.6 is 0 Å². The molecule has 0 saturated carbocycles. The average Bonchev–Trinajstić information content (AvgIpc) is 2.41. The number of hydrogen-bond donors (Lipinski definition) is 1. The van der Waals surface area contributed by atoms with Crippen molar-refractivity contribution in [2.45, 2.75) is 39.7 Å². The molecule has 0 spiro atoms. The molecule has 0 aliphatic rings. The first-order valence-electron chi connectivity index (χ1n) is 6.92. The third kappa shape index (κ3) is 3.68. The Kier molecular flexibility index (Phi) is 5.92. The fraction of sp³-hybridized carbons (Fsp3) is 0.533. The van der Waals surface area contributed by atoms with E-state index in [1.165, 1.54) is 4.90 Å². The normalized spacial score (nSPS) is 12.1. The number of hydrogen-bond acceptors (Lipinski definition) is 2.